The Labute approximate surface area is 190 Å². The Hall–Kier alpha value is -3.67. The normalized spacial score (nSPS) is 27.3. The number of nitrogens with one attached hydrogen (secondary N) is 1. The summed E-state index contributed by atoms with van der Waals surface area (Å²) < 4.78 is 41.3. The molecule has 1 unspecified atom stereocenters. The van der Waals surface area contributed by atoms with Crippen molar-refractivity contribution in [2.75, 3.05) is 18.0 Å². The lowest BCUT2D eigenvalue weighted by Gasteiger charge is -2.48. The highest BCUT2D eigenvalue weighted by Crippen LogP contribution is 2.47. The van der Waals surface area contributed by atoms with Crippen LogP contribution in [0.25, 0.3) is 0 Å². The van der Waals surface area contributed by atoms with Gasteiger partial charge in [0.15, 0.2) is 0 Å². The molecule has 3 atom stereocenters. The molecule has 34 heavy (non-hydrogen) atoms. The number of nitrogens with zero attached hydrogens (tertiary/aromatic N) is 2. The number of carbonyl (C=O) groups excluding carboxylic acids is 3. The van der Waals surface area contributed by atoms with Crippen molar-refractivity contribution in [2.45, 2.75) is 31.1 Å². The third-order valence-corrected chi connectivity index (χ3v) is 6.54. The van der Waals surface area contributed by atoms with Gasteiger partial charge in [-0.3, -0.25) is 14.5 Å². The van der Waals surface area contributed by atoms with E-state index < -0.39 is 24.2 Å². The minimum atomic E-state index is -5.12. The van der Waals surface area contributed by atoms with Crippen LogP contribution in [0.4, 0.5) is 18.9 Å². The van der Waals surface area contributed by atoms with Gasteiger partial charge in [0, 0.05) is 23.7 Å². The number of piperidine rings is 1. The summed E-state index contributed by atoms with van der Waals surface area (Å²) in [7, 11) is 0. The van der Waals surface area contributed by atoms with Crippen molar-refractivity contribution in [1.82, 2.24) is 10.2 Å². The summed E-state index contributed by atoms with van der Waals surface area (Å²) in [6.07, 6.45) is -2.59. The minimum absolute atomic E-state index is 0.0884. The van der Waals surface area contributed by atoms with E-state index in [0.29, 0.717) is 36.2 Å². The number of alkyl halides is 3. The molecule has 1 aromatic rings. The zero-order valence-corrected chi connectivity index (χ0v) is 17.5. The van der Waals surface area contributed by atoms with Crippen LogP contribution >= 0.6 is 0 Å². The fourth-order valence-corrected chi connectivity index (χ4v) is 5.05. The number of rotatable bonds is 4. The second-order valence-electron chi connectivity index (χ2n) is 8.39. The van der Waals surface area contributed by atoms with Gasteiger partial charge in [0.1, 0.15) is 17.5 Å². The molecule has 0 aromatic heterocycles. The lowest BCUT2D eigenvalue weighted by Crippen LogP contribution is -2.71. The number of halogens is 3. The Morgan fingerprint density at radius 3 is 2.53 bits per heavy atom. The summed E-state index contributed by atoms with van der Waals surface area (Å²) in [5, 5.41) is 12.9. The van der Waals surface area contributed by atoms with E-state index in [4.69, 9.17) is 0 Å². The molecule has 178 valence electrons. The summed E-state index contributed by atoms with van der Waals surface area (Å²) >= 11 is 0. The monoisotopic (exact) mass is 477 g/mol. The van der Waals surface area contributed by atoms with Crippen molar-refractivity contribution in [3.05, 3.63) is 47.2 Å². The topological polar surface area (TPSA) is 116 Å². The first-order valence-corrected chi connectivity index (χ1v) is 10.5. The summed E-state index contributed by atoms with van der Waals surface area (Å²) in [6, 6.07) is 4.35. The molecule has 0 saturated carbocycles. The Bertz CT molecular complexity index is 1170. The quantitative estimate of drug-likeness (QED) is 0.291. The number of carboxylic acid groups (broad SMARTS) is 1. The first kappa shape index (κ1) is 22.1. The fourth-order valence-electron chi connectivity index (χ4n) is 5.05. The first-order valence-electron chi connectivity index (χ1n) is 10.5. The number of aliphatic carboxylic acids is 1. The molecule has 0 aliphatic carbocycles. The van der Waals surface area contributed by atoms with Crippen LogP contribution < -0.4 is 15.0 Å². The minimum Gasteiger partial charge on any atom is -0.477 e. The number of ether oxygens (including phenoxy) is 1. The van der Waals surface area contributed by atoms with Crippen LogP contribution in [0.2, 0.25) is 0 Å². The van der Waals surface area contributed by atoms with E-state index in [1.54, 1.807) is 6.08 Å². The first-order chi connectivity index (χ1) is 16.1. The molecular weight excluding hydrogens is 459 g/mol. The van der Waals surface area contributed by atoms with Gasteiger partial charge >= 0.3 is 18.1 Å². The van der Waals surface area contributed by atoms with Gasteiger partial charge in [-0.2, -0.15) is 13.2 Å². The van der Waals surface area contributed by atoms with Crippen molar-refractivity contribution >= 4 is 29.4 Å². The SMILES string of the molecule is O=C(O)C1=C(/C=C2\CCN(c3ccc(OC(=O)C(F)(F)F)cc3)C2=O)C2CCN[C@@H]3C(=O)N1[C@H]23. The van der Waals surface area contributed by atoms with E-state index in [2.05, 4.69) is 10.1 Å². The van der Waals surface area contributed by atoms with Gasteiger partial charge < -0.3 is 20.1 Å². The average molecular weight is 477 g/mol. The number of hydrogen-bond donors (Lipinski definition) is 2. The van der Waals surface area contributed by atoms with E-state index in [0.717, 1.165) is 12.1 Å². The molecule has 0 radical (unpaired) electrons. The van der Waals surface area contributed by atoms with E-state index in [1.165, 1.54) is 21.9 Å². The number of amides is 2. The maximum atomic E-state index is 13.0. The van der Waals surface area contributed by atoms with Gasteiger partial charge in [0.05, 0.1) is 6.04 Å². The molecule has 2 amide bonds. The predicted octanol–water partition coefficient (Wildman–Crippen LogP) is 1.36. The summed E-state index contributed by atoms with van der Waals surface area (Å²) in [5.41, 5.74) is 1.15. The fraction of sp³-hybridized carbons (Fsp3) is 0.364. The molecule has 0 bridgehead atoms. The van der Waals surface area contributed by atoms with Crippen LogP contribution in [-0.2, 0) is 19.2 Å². The highest BCUT2D eigenvalue weighted by Gasteiger charge is 2.60. The summed E-state index contributed by atoms with van der Waals surface area (Å²) in [6.45, 7) is 0.847. The predicted molar refractivity (Wildman–Crippen MR) is 108 cm³/mol. The smallest absolute Gasteiger partial charge is 0.477 e. The Kier molecular flexibility index (Phi) is 5.01. The highest BCUT2D eigenvalue weighted by molar-refractivity contribution is 6.09. The Morgan fingerprint density at radius 2 is 1.88 bits per heavy atom. The lowest BCUT2D eigenvalue weighted by molar-refractivity contribution is -0.189. The molecule has 4 heterocycles. The maximum absolute atomic E-state index is 13.0. The number of allylic oxidation sites excluding steroid dienone is 1. The summed E-state index contributed by atoms with van der Waals surface area (Å²) in [4.78, 5) is 51.0. The van der Waals surface area contributed by atoms with Crippen molar-refractivity contribution in [1.29, 1.82) is 0 Å². The number of hydrogen-bond acceptors (Lipinski definition) is 6. The van der Waals surface area contributed by atoms with Gasteiger partial charge in [0.25, 0.3) is 5.91 Å². The third-order valence-electron chi connectivity index (χ3n) is 6.54. The van der Waals surface area contributed by atoms with Gasteiger partial charge in [-0.05, 0) is 55.3 Å². The maximum Gasteiger partial charge on any atom is 0.491 e. The van der Waals surface area contributed by atoms with Crippen molar-refractivity contribution in [2.24, 2.45) is 5.92 Å². The Balaban J connectivity index is 1.37. The highest BCUT2D eigenvalue weighted by atomic mass is 19.4. The molecule has 3 fully saturated rings. The third kappa shape index (κ3) is 3.36. The zero-order chi connectivity index (χ0) is 24.4. The second-order valence-corrected chi connectivity index (χ2v) is 8.39. The molecule has 1 aromatic carbocycles. The van der Waals surface area contributed by atoms with Crippen molar-refractivity contribution < 1.29 is 42.2 Å². The van der Waals surface area contributed by atoms with Crippen LogP contribution in [0.5, 0.6) is 5.75 Å². The van der Waals surface area contributed by atoms with E-state index >= 15 is 0 Å². The number of carboxylic acids is 1. The van der Waals surface area contributed by atoms with Crippen LogP contribution in [0, 0.1) is 5.92 Å². The van der Waals surface area contributed by atoms with Gasteiger partial charge in [-0.25, -0.2) is 9.59 Å². The van der Waals surface area contributed by atoms with Gasteiger partial charge in [-0.1, -0.05) is 0 Å². The van der Waals surface area contributed by atoms with Gasteiger partial charge in [0.2, 0.25) is 5.91 Å². The molecule has 9 nitrogen and oxygen atoms in total. The van der Waals surface area contributed by atoms with Crippen molar-refractivity contribution in [3.63, 3.8) is 0 Å². The number of carbonyl (C=O) groups is 4. The molecule has 0 spiro atoms. The molecule has 12 heteroatoms. The van der Waals surface area contributed by atoms with Crippen LogP contribution in [-0.4, -0.2) is 65.1 Å². The number of esters is 1. The lowest BCUT2D eigenvalue weighted by atomic mass is 9.79. The van der Waals surface area contributed by atoms with Crippen LogP contribution in [0.15, 0.2) is 47.2 Å². The molecule has 2 N–H and O–H groups in total. The molecule has 4 aliphatic heterocycles. The number of anilines is 1. The van der Waals surface area contributed by atoms with E-state index in [9.17, 15) is 37.5 Å². The van der Waals surface area contributed by atoms with Crippen molar-refractivity contribution in [3.8, 4) is 5.75 Å². The van der Waals surface area contributed by atoms with Crippen LogP contribution in [0.3, 0.4) is 0 Å². The Morgan fingerprint density at radius 1 is 1.18 bits per heavy atom. The van der Waals surface area contributed by atoms with E-state index in [-0.39, 0.29) is 41.8 Å². The largest absolute Gasteiger partial charge is 0.491 e. The van der Waals surface area contributed by atoms with Gasteiger partial charge in [-0.15, -0.1) is 0 Å². The van der Waals surface area contributed by atoms with E-state index in [1.807, 2.05) is 0 Å². The standard InChI is InChI=1S/C22H18F3N3O6/c23-22(24,25)21(33)34-12-3-1-11(2-4-12)27-8-6-10(18(27)29)9-14-13-5-7-26-15-16(13)28(19(15)30)17(14)20(31)32/h1-4,9,13,15-16,26H,5-8H2,(H,31,32)/b10-9+/t13?,15-,16+/m0/s1. The number of benzene rings is 1. The zero-order valence-electron chi connectivity index (χ0n) is 17.5. The summed E-state index contributed by atoms with van der Waals surface area (Å²) in [5.74, 6) is -4.71. The molecule has 5 rings (SSSR count). The molecular formula is C22H18F3N3O6. The second kappa shape index (κ2) is 7.69. The van der Waals surface area contributed by atoms with Crippen LogP contribution in [0.1, 0.15) is 12.8 Å². The molecule has 4 aliphatic rings. The molecule has 3 saturated heterocycles. The average Bonchev–Trinajstić information content (AvgIpc) is 3.31. The number of β-lactam (4-membered cyclic amide) rings is 1.